The lowest BCUT2D eigenvalue weighted by Gasteiger charge is -2.19. The molecule has 0 radical (unpaired) electrons. The summed E-state index contributed by atoms with van der Waals surface area (Å²) in [6, 6.07) is 7.93. The summed E-state index contributed by atoms with van der Waals surface area (Å²) in [4.78, 5) is 12.0. The number of aryl methyl sites for hydroxylation is 1. The summed E-state index contributed by atoms with van der Waals surface area (Å²) in [6.07, 6.45) is 1.34. The van der Waals surface area contributed by atoms with Gasteiger partial charge in [-0.2, -0.15) is 0 Å². The molecule has 0 unspecified atom stereocenters. The Morgan fingerprint density at radius 2 is 2.06 bits per heavy atom. The molecular weight excluding hydrogens is 280 g/mol. The maximum absolute atomic E-state index is 12.0. The lowest BCUT2D eigenvalue weighted by Crippen LogP contribution is -2.10. The number of rotatable bonds is 1. The zero-order valence-corrected chi connectivity index (χ0v) is 11.0. The van der Waals surface area contributed by atoms with Crippen LogP contribution in [0, 0.1) is 0 Å². The van der Waals surface area contributed by atoms with Gasteiger partial charge in [0, 0.05) is 22.0 Å². The molecular formula is C14H11BrO2. The molecule has 0 saturated heterocycles. The van der Waals surface area contributed by atoms with Gasteiger partial charge in [0.15, 0.2) is 5.78 Å². The van der Waals surface area contributed by atoms with E-state index >= 15 is 0 Å². The Kier molecular flexibility index (Phi) is 2.44. The summed E-state index contributed by atoms with van der Waals surface area (Å²) in [7, 11) is 1.67. The van der Waals surface area contributed by atoms with Crippen molar-refractivity contribution in [2.45, 2.75) is 12.8 Å². The van der Waals surface area contributed by atoms with E-state index in [1.54, 1.807) is 7.11 Å². The van der Waals surface area contributed by atoms with E-state index in [2.05, 4.69) is 15.9 Å². The van der Waals surface area contributed by atoms with E-state index in [1.165, 1.54) is 0 Å². The molecule has 0 amide bonds. The van der Waals surface area contributed by atoms with E-state index < -0.39 is 0 Å². The van der Waals surface area contributed by atoms with Crippen LogP contribution in [0.5, 0.6) is 5.75 Å². The Morgan fingerprint density at radius 3 is 2.82 bits per heavy atom. The van der Waals surface area contributed by atoms with E-state index in [4.69, 9.17) is 4.74 Å². The zero-order chi connectivity index (χ0) is 12.0. The summed E-state index contributed by atoms with van der Waals surface area (Å²) in [5.74, 6) is 1.10. The van der Waals surface area contributed by atoms with E-state index in [1.807, 2.05) is 24.3 Å². The van der Waals surface area contributed by atoms with Crippen molar-refractivity contribution in [3.05, 3.63) is 39.9 Å². The van der Waals surface area contributed by atoms with E-state index in [0.29, 0.717) is 6.42 Å². The largest absolute Gasteiger partial charge is 0.496 e. The molecule has 2 aromatic rings. The minimum absolute atomic E-state index is 0.219. The van der Waals surface area contributed by atoms with Gasteiger partial charge in [0.1, 0.15) is 5.75 Å². The van der Waals surface area contributed by atoms with E-state index in [-0.39, 0.29) is 5.78 Å². The Hall–Kier alpha value is -1.35. The number of hydrogen-bond donors (Lipinski definition) is 0. The van der Waals surface area contributed by atoms with Crippen molar-refractivity contribution in [2.24, 2.45) is 0 Å². The lowest BCUT2D eigenvalue weighted by atomic mass is 9.87. The van der Waals surface area contributed by atoms with Crippen LogP contribution in [-0.4, -0.2) is 12.9 Å². The van der Waals surface area contributed by atoms with Crippen LogP contribution in [0.25, 0.3) is 10.8 Å². The highest BCUT2D eigenvalue weighted by molar-refractivity contribution is 9.10. The molecule has 17 heavy (non-hydrogen) atoms. The molecule has 0 spiro atoms. The second kappa shape index (κ2) is 3.84. The SMILES string of the molecule is COc1ccc2cc(Br)cc3c2c1CCC3=O. The second-order valence-electron chi connectivity index (χ2n) is 4.22. The maximum Gasteiger partial charge on any atom is 0.163 e. The third kappa shape index (κ3) is 1.57. The lowest BCUT2D eigenvalue weighted by molar-refractivity contribution is 0.0981. The van der Waals surface area contributed by atoms with Gasteiger partial charge in [-0.15, -0.1) is 0 Å². The molecule has 3 heteroatoms. The number of hydrogen-bond acceptors (Lipinski definition) is 2. The monoisotopic (exact) mass is 290 g/mol. The first kappa shape index (κ1) is 10.8. The fraction of sp³-hybridized carbons (Fsp3) is 0.214. The number of methoxy groups -OCH3 is 1. The van der Waals surface area contributed by atoms with Gasteiger partial charge in [0.25, 0.3) is 0 Å². The number of ether oxygens (including phenoxy) is 1. The highest BCUT2D eigenvalue weighted by atomic mass is 79.9. The standard InChI is InChI=1S/C14H11BrO2/c1-17-13-5-2-8-6-9(15)7-11-12(16)4-3-10(13)14(8)11/h2,5-7H,3-4H2,1H3. The smallest absolute Gasteiger partial charge is 0.163 e. The summed E-state index contributed by atoms with van der Waals surface area (Å²) >= 11 is 3.45. The molecule has 0 saturated carbocycles. The molecule has 0 aromatic heterocycles. The Bertz CT molecular complexity index is 632. The molecule has 0 fully saturated rings. The highest BCUT2D eigenvalue weighted by Crippen LogP contribution is 2.37. The van der Waals surface area contributed by atoms with Crippen LogP contribution in [0.15, 0.2) is 28.7 Å². The van der Waals surface area contributed by atoms with Gasteiger partial charge in [0.2, 0.25) is 0 Å². The third-order valence-electron chi connectivity index (χ3n) is 3.27. The first-order valence-electron chi connectivity index (χ1n) is 5.53. The third-order valence-corrected chi connectivity index (χ3v) is 3.73. The van der Waals surface area contributed by atoms with Gasteiger partial charge < -0.3 is 4.74 Å². The van der Waals surface area contributed by atoms with Crippen LogP contribution < -0.4 is 4.74 Å². The van der Waals surface area contributed by atoms with Crippen molar-refractivity contribution in [3.63, 3.8) is 0 Å². The fourth-order valence-electron chi connectivity index (χ4n) is 2.52. The molecule has 2 aromatic carbocycles. The van der Waals surface area contributed by atoms with Crippen molar-refractivity contribution in [1.29, 1.82) is 0 Å². The predicted molar refractivity (Wildman–Crippen MR) is 70.9 cm³/mol. The first-order valence-corrected chi connectivity index (χ1v) is 6.32. The fourth-order valence-corrected chi connectivity index (χ4v) is 2.99. The molecule has 1 aliphatic carbocycles. The van der Waals surface area contributed by atoms with Crippen LogP contribution in [0.3, 0.4) is 0 Å². The Balaban J connectivity index is 2.47. The minimum atomic E-state index is 0.219. The quantitative estimate of drug-likeness (QED) is 0.800. The van der Waals surface area contributed by atoms with E-state index in [0.717, 1.165) is 38.5 Å². The van der Waals surface area contributed by atoms with Crippen LogP contribution in [0.1, 0.15) is 22.3 Å². The summed E-state index contributed by atoms with van der Waals surface area (Å²) in [5.41, 5.74) is 1.97. The Morgan fingerprint density at radius 1 is 1.24 bits per heavy atom. The number of benzene rings is 2. The normalized spacial score (nSPS) is 14.1. The molecule has 0 aliphatic heterocycles. The molecule has 0 heterocycles. The van der Waals surface area contributed by atoms with Crippen LogP contribution in [0.4, 0.5) is 0 Å². The average Bonchev–Trinajstić information content (AvgIpc) is 2.33. The van der Waals surface area contributed by atoms with Gasteiger partial charge in [-0.3, -0.25) is 4.79 Å². The van der Waals surface area contributed by atoms with Crippen LogP contribution in [0.2, 0.25) is 0 Å². The number of carbonyl (C=O) groups is 1. The average molecular weight is 291 g/mol. The molecule has 3 rings (SSSR count). The topological polar surface area (TPSA) is 26.3 Å². The molecule has 0 atom stereocenters. The molecule has 2 nitrogen and oxygen atoms in total. The first-order chi connectivity index (χ1) is 8.20. The predicted octanol–water partition coefficient (Wildman–Crippen LogP) is 3.74. The number of carbonyl (C=O) groups excluding carboxylic acids is 1. The number of halogens is 1. The van der Waals surface area contributed by atoms with Crippen LogP contribution in [-0.2, 0) is 6.42 Å². The van der Waals surface area contributed by atoms with Gasteiger partial charge in [-0.25, -0.2) is 0 Å². The zero-order valence-electron chi connectivity index (χ0n) is 9.42. The summed E-state index contributed by atoms with van der Waals surface area (Å²) in [6.45, 7) is 0. The number of Topliss-reactive ketones (excluding diaryl/α,β-unsaturated/α-hetero) is 1. The van der Waals surface area contributed by atoms with Crippen LogP contribution >= 0.6 is 15.9 Å². The Labute approximate surface area is 108 Å². The minimum Gasteiger partial charge on any atom is -0.496 e. The molecule has 86 valence electrons. The highest BCUT2D eigenvalue weighted by Gasteiger charge is 2.22. The number of ketones is 1. The van der Waals surface area contributed by atoms with Gasteiger partial charge in [0.05, 0.1) is 7.11 Å². The second-order valence-corrected chi connectivity index (χ2v) is 5.14. The van der Waals surface area contributed by atoms with E-state index in [9.17, 15) is 4.79 Å². The molecule has 1 aliphatic rings. The van der Waals surface area contributed by atoms with Crippen molar-refractivity contribution < 1.29 is 9.53 Å². The van der Waals surface area contributed by atoms with Gasteiger partial charge in [-0.05, 0) is 35.4 Å². The van der Waals surface area contributed by atoms with Gasteiger partial charge >= 0.3 is 0 Å². The molecule has 0 N–H and O–H groups in total. The molecule has 0 bridgehead atoms. The van der Waals surface area contributed by atoms with Crippen molar-refractivity contribution in [2.75, 3.05) is 7.11 Å². The van der Waals surface area contributed by atoms with Gasteiger partial charge in [-0.1, -0.05) is 22.0 Å². The summed E-state index contributed by atoms with van der Waals surface area (Å²) < 4.78 is 6.33. The van der Waals surface area contributed by atoms with Crippen molar-refractivity contribution in [3.8, 4) is 5.75 Å². The summed E-state index contributed by atoms with van der Waals surface area (Å²) in [5, 5.41) is 2.15. The van der Waals surface area contributed by atoms with Crippen molar-refractivity contribution >= 4 is 32.5 Å². The maximum atomic E-state index is 12.0. The van der Waals surface area contributed by atoms with Crippen molar-refractivity contribution in [1.82, 2.24) is 0 Å².